The Labute approximate surface area is 161 Å². The molecule has 3 rings (SSSR count). The van der Waals surface area contributed by atoms with Crippen LogP contribution in [0, 0.1) is 0 Å². The Kier molecular flexibility index (Phi) is 6.18. The molecule has 28 heavy (non-hydrogen) atoms. The SMILES string of the molecule is OCC1O[C@@H](Oc2cc(O)cc(/C=C/c3ccc(O)cc3)c2)[C@@H](O)C(O)[C@@H]1O. The highest BCUT2D eigenvalue weighted by Crippen LogP contribution is 2.28. The van der Waals surface area contributed by atoms with E-state index < -0.39 is 37.3 Å². The van der Waals surface area contributed by atoms with Crippen molar-refractivity contribution >= 4 is 12.2 Å². The van der Waals surface area contributed by atoms with E-state index in [4.69, 9.17) is 9.47 Å². The number of aliphatic hydroxyl groups is 4. The Hall–Kier alpha value is -2.62. The molecule has 1 heterocycles. The second-order valence-electron chi connectivity index (χ2n) is 6.50. The van der Waals surface area contributed by atoms with Gasteiger partial charge in [-0.1, -0.05) is 24.3 Å². The zero-order valence-corrected chi connectivity index (χ0v) is 14.8. The lowest BCUT2D eigenvalue weighted by Gasteiger charge is -2.39. The Bertz CT molecular complexity index is 817. The number of aromatic hydroxyl groups is 2. The van der Waals surface area contributed by atoms with E-state index in [0.717, 1.165) is 5.56 Å². The van der Waals surface area contributed by atoms with Gasteiger partial charge in [-0.2, -0.15) is 0 Å². The highest BCUT2D eigenvalue weighted by molar-refractivity contribution is 5.71. The standard InChI is InChI=1S/C20H22O8/c21-10-16-17(24)18(25)19(26)20(28-16)27-15-8-12(7-14(23)9-15)2-1-11-3-5-13(22)6-4-11/h1-9,16-26H,10H2/b2-1+/t16?,17-,18?,19+,20-/m1/s1. The van der Waals surface area contributed by atoms with Gasteiger partial charge in [0, 0.05) is 6.07 Å². The molecule has 0 bridgehead atoms. The van der Waals surface area contributed by atoms with Crippen molar-refractivity contribution in [2.75, 3.05) is 6.61 Å². The third kappa shape index (κ3) is 4.61. The van der Waals surface area contributed by atoms with Gasteiger partial charge in [0.15, 0.2) is 0 Å². The summed E-state index contributed by atoms with van der Waals surface area (Å²) in [5, 5.41) is 58.2. The molecular formula is C20H22O8. The summed E-state index contributed by atoms with van der Waals surface area (Å²) in [5.41, 5.74) is 1.42. The minimum atomic E-state index is -1.55. The van der Waals surface area contributed by atoms with Crippen LogP contribution >= 0.6 is 0 Å². The molecule has 2 unspecified atom stereocenters. The molecule has 150 valence electrons. The highest BCUT2D eigenvalue weighted by atomic mass is 16.7. The zero-order valence-electron chi connectivity index (χ0n) is 14.8. The molecule has 2 aromatic carbocycles. The number of rotatable bonds is 5. The lowest BCUT2D eigenvalue weighted by atomic mass is 9.99. The van der Waals surface area contributed by atoms with Crippen molar-refractivity contribution in [2.45, 2.75) is 30.7 Å². The summed E-state index contributed by atoms with van der Waals surface area (Å²) in [4.78, 5) is 0. The third-order valence-corrected chi connectivity index (χ3v) is 4.38. The van der Waals surface area contributed by atoms with E-state index in [0.29, 0.717) is 5.56 Å². The highest BCUT2D eigenvalue weighted by Gasteiger charge is 2.44. The average Bonchev–Trinajstić information content (AvgIpc) is 2.67. The van der Waals surface area contributed by atoms with Crippen molar-refractivity contribution in [3.8, 4) is 17.2 Å². The first-order valence-electron chi connectivity index (χ1n) is 8.65. The number of phenols is 2. The molecule has 8 nitrogen and oxygen atoms in total. The minimum absolute atomic E-state index is 0.0903. The second kappa shape index (κ2) is 8.59. The average molecular weight is 390 g/mol. The van der Waals surface area contributed by atoms with Crippen LogP contribution in [0.25, 0.3) is 12.2 Å². The van der Waals surface area contributed by atoms with E-state index >= 15 is 0 Å². The molecule has 1 aliphatic rings. The molecule has 1 aliphatic heterocycles. The van der Waals surface area contributed by atoms with Gasteiger partial charge in [0.1, 0.15) is 41.7 Å². The van der Waals surface area contributed by atoms with E-state index in [2.05, 4.69) is 0 Å². The van der Waals surface area contributed by atoms with Gasteiger partial charge in [-0.05, 0) is 35.4 Å². The van der Waals surface area contributed by atoms with Gasteiger partial charge in [0.05, 0.1) is 6.61 Å². The molecule has 5 atom stereocenters. The van der Waals surface area contributed by atoms with Crippen LogP contribution in [-0.4, -0.2) is 68.0 Å². The molecule has 0 radical (unpaired) electrons. The third-order valence-electron chi connectivity index (χ3n) is 4.38. The number of aliphatic hydroxyl groups excluding tert-OH is 4. The molecule has 8 heteroatoms. The molecule has 6 N–H and O–H groups in total. The summed E-state index contributed by atoms with van der Waals surface area (Å²) in [6.07, 6.45) is -3.52. The summed E-state index contributed by atoms with van der Waals surface area (Å²) >= 11 is 0. The summed E-state index contributed by atoms with van der Waals surface area (Å²) in [7, 11) is 0. The van der Waals surface area contributed by atoms with Crippen molar-refractivity contribution < 1.29 is 40.1 Å². The van der Waals surface area contributed by atoms with E-state index in [-0.39, 0.29) is 17.2 Å². The number of ether oxygens (including phenoxy) is 2. The lowest BCUT2D eigenvalue weighted by Crippen LogP contribution is -2.60. The Balaban J connectivity index is 1.76. The maximum atomic E-state index is 10.1. The fourth-order valence-corrected chi connectivity index (χ4v) is 2.85. The van der Waals surface area contributed by atoms with Crippen molar-refractivity contribution in [3.63, 3.8) is 0 Å². The predicted octanol–water partition coefficient (Wildman–Crippen LogP) is 0.447. The molecule has 1 saturated heterocycles. The van der Waals surface area contributed by atoms with Crippen molar-refractivity contribution in [1.29, 1.82) is 0 Å². The fourth-order valence-electron chi connectivity index (χ4n) is 2.85. The van der Waals surface area contributed by atoms with E-state index in [1.165, 1.54) is 12.1 Å². The number of phenolic OH excluding ortho intramolecular Hbond substituents is 2. The Morgan fingerprint density at radius 3 is 2.18 bits per heavy atom. The van der Waals surface area contributed by atoms with Gasteiger partial charge < -0.3 is 40.1 Å². The molecular weight excluding hydrogens is 368 g/mol. The Morgan fingerprint density at radius 2 is 1.50 bits per heavy atom. The molecule has 0 aromatic heterocycles. The second-order valence-corrected chi connectivity index (χ2v) is 6.50. The van der Waals surface area contributed by atoms with Crippen LogP contribution in [0.3, 0.4) is 0 Å². The van der Waals surface area contributed by atoms with Gasteiger partial charge in [-0.15, -0.1) is 0 Å². The fraction of sp³-hybridized carbons (Fsp3) is 0.300. The van der Waals surface area contributed by atoms with E-state index in [9.17, 15) is 30.6 Å². The van der Waals surface area contributed by atoms with Gasteiger partial charge in [0.25, 0.3) is 0 Å². The first kappa shape index (κ1) is 20.1. The summed E-state index contributed by atoms with van der Waals surface area (Å²) in [6.45, 7) is -0.564. The van der Waals surface area contributed by atoms with Crippen LogP contribution in [0.1, 0.15) is 11.1 Å². The minimum Gasteiger partial charge on any atom is -0.508 e. The van der Waals surface area contributed by atoms with Gasteiger partial charge in [-0.3, -0.25) is 0 Å². The largest absolute Gasteiger partial charge is 0.508 e. The van der Waals surface area contributed by atoms with E-state index in [1.54, 1.807) is 42.5 Å². The van der Waals surface area contributed by atoms with Crippen LogP contribution in [0.2, 0.25) is 0 Å². The van der Waals surface area contributed by atoms with Crippen molar-refractivity contribution in [2.24, 2.45) is 0 Å². The van der Waals surface area contributed by atoms with E-state index in [1.807, 2.05) is 0 Å². The van der Waals surface area contributed by atoms with Crippen LogP contribution < -0.4 is 4.74 Å². The topological polar surface area (TPSA) is 140 Å². The summed E-state index contributed by atoms with van der Waals surface area (Å²) < 4.78 is 10.8. The first-order chi connectivity index (χ1) is 13.4. The van der Waals surface area contributed by atoms with Crippen LogP contribution in [0.5, 0.6) is 17.2 Å². The van der Waals surface area contributed by atoms with Gasteiger partial charge >= 0.3 is 0 Å². The Morgan fingerprint density at radius 1 is 0.821 bits per heavy atom. The molecule has 0 aliphatic carbocycles. The van der Waals surface area contributed by atoms with Crippen molar-refractivity contribution in [1.82, 2.24) is 0 Å². The lowest BCUT2D eigenvalue weighted by molar-refractivity contribution is -0.277. The quantitative estimate of drug-likeness (QED) is 0.405. The van der Waals surface area contributed by atoms with Crippen LogP contribution in [0.4, 0.5) is 0 Å². The monoisotopic (exact) mass is 390 g/mol. The molecule has 1 fully saturated rings. The molecule has 0 saturated carbocycles. The number of hydrogen-bond acceptors (Lipinski definition) is 8. The summed E-state index contributed by atoms with van der Waals surface area (Å²) in [6, 6.07) is 10.9. The van der Waals surface area contributed by atoms with Crippen molar-refractivity contribution in [3.05, 3.63) is 53.6 Å². The molecule has 2 aromatic rings. The van der Waals surface area contributed by atoms with Crippen LogP contribution in [-0.2, 0) is 4.74 Å². The van der Waals surface area contributed by atoms with Gasteiger partial charge in [0.2, 0.25) is 6.29 Å². The number of hydrogen-bond donors (Lipinski definition) is 6. The zero-order chi connectivity index (χ0) is 20.3. The smallest absolute Gasteiger partial charge is 0.229 e. The molecule has 0 spiro atoms. The summed E-state index contributed by atoms with van der Waals surface area (Å²) in [5.74, 6) is 0.229. The first-order valence-corrected chi connectivity index (χ1v) is 8.65. The van der Waals surface area contributed by atoms with Gasteiger partial charge in [-0.25, -0.2) is 0 Å². The van der Waals surface area contributed by atoms with Crippen LogP contribution in [0.15, 0.2) is 42.5 Å². The maximum Gasteiger partial charge on any atom is 0.229 e. The maximum absolute atomic E-state index is 10.1. The predicted molar refractivity (Wildman–Crippen MR) is 99.5 cm³/mol. The molecule has 0 amide bonds. The normalized spacial score (nSPS) is 27.8. The number of benzene rings is 2.